The largest absolute Gasteiger partial charge is 0.343 e. The molecule has 1 rings (SSSR count). The summed E-state index contributed by atoms with van der Waals surface area (Å²) in [6, 6.07) is 6.02. The third-order valence-electron chi connectivity index (χ3n) is 2.72. The number of hydrogen-bond acceptors (Lipinski definition) is 3. The van der Waals surface area contributed by atoms with Crippen molar-refractivity contribution < 1.29 is 4.79 Å². The zero-order chi connectivity index (χ0) is 13.5. The van der Waals surface area contributed by atoms with Gasteiger partial charge in [0, 0.05) is 29.0 Å². The van der Waals surface area contributed by atoms with Crippen LogP contribution in [0, 0.1) is 0 Å². The quantitative estimate of drug-likeness (QED) is 0.816. The number of nitrogens with zero attached hydrogens (tertiary/aromatic N) is 1. The second-order valence-corrected chi connectivity index (χ2v) is 5.72. The zero-order valence-corrected chi connectivity index (χ0v) is 13.2. The highest BCUT2D eigenvalue weighted by Gasteiger charge is 2.10. The number of amides is 1. The maximum atomic E-state index is 11.9. The predicted molar refractivity (Wildman–Crippen MR) is 80.7 cm³/mol. The van der Waals surface area contributed by atoms with E-state index >= 15 is 0 Å². The van der Waals surface area contributed by atoms with Crippen LogP contribution < -0.4 is 5.73 Å². The second kappa shape index (κ2) is 7.81. The van der Waals surface area contributed by atoms with Crippen LogP contribution in [0.2, 0.25) is 0 Å². The maximum absolute atomic E-state index is 11.9. The van der Waals surface area contributed by atoms with Crippen molar-refractivity contribution in [2.75, 3.05) is 18.8 Å². The molecule has 100 valence electrons. The lowest BCUT2D eigenvalue weighted by molar-refractivity contribution is -0.127. The Hall–Kier alpha value is -0.520. The number of nitrogens with two attached hydrogens (primary N) is 1. The molecule has 0 aromatic heterocycles. The topological polar surface area (TPSA) is 46.3 Å². The molecule has 0 heterocycles. The second-order valence-electron chi connectivity index (χ2n) is 3.81. The van der Waals surface area contributed by atoms with Crippen LogP contribution >= 0.6 is 27.7 Å². The molecule has 0 unspecified atom stereocenters. The summed E-state index contributed by atoms with van der Waals surface area (Å²) in [5, 5.41) is 0. The van der Waals surface area contributed by atoms with Gasteiger partial charge in [0.15, 0.2) is 0 Å². The Labute approximate surface area is 121 Å². The van der Waals surface area contributed by atoms with Gasteiger partial charge in [0.05, 0.1) is 5.75 Å². The van der Waals surface area contributed by atoms with Gasteiger partial charge >= 0.3 is 0 Å². The number of carbonyl (C=O) groups is 1. The number of carbonyl (C=O) groups excluding carboxylic acids is 1. The standard InChI is InChI=1S/C13H19BrN2OS/c1-3-16(4-2)13(17)9-18-11-6-5-10(8-15)12(14)7-11/h5-7H,3-4,8-9,15H2,1-2H3. The van der Waals surface area contributed by atoms with E-state index in [1.54, 1.807) is 11.8 Å². The fourth-order valence-electron chi connectivity index (χ4n) is 1.60. The molecule has 0 aliphatic heterocycles. The lowest BCUT2D eigenvalue weighted by Gasteiger charge is -2.18. The van der Waals surface area contributed by atoms with Crippen LogP contribution in [0.4, 0.5) is 0 Å². The van der Waals surface area contributed by atoms with E-state index in [0.29, 0.717) is 12.3 Å². The minimum Gasteiger partial charge on any atom is -0.343 e. The molecule has 0 atom stereocenters. The van der Waals surface area contributed by atoms with Gasteiger partial charge in [-0.05, 0) is 31.5 Å². The summed E-state index contributed by atoms with van der Waals surface area (Å²) >= 11 is 5.04. The van der Waals surface area contributed by atoms with Crippen LogP contribution in [0.3, 0.4) is 0 Å². The molecular weight excluding hydrogens is 312 g/mol. The minimum absolute atomic E-state index is 0.184. The third kappa shape index (κ3) is 4.30. The lowest BCUT2D eigenvalue weighted by atomic mass is 10.2. The summed E-state index contributed by atoms with van der Waals surface area (Å²) in [6.45, 7) is 6.05. The number of hydrogen-bond donors (Lipinski definition) is 1. The molecule has 0 saturated carbocycles. The van der Waals surface area contributed by atoms with E-state index in [-0.39, 0.29) is 5.91 Å². The van der Waals surface area contributed by atoms with Gasteiger partial charge in [0.25, 0.3) is 0 Å². The van der Waals surface area contributed by atoms with Crippen molar-refractivity contribution in [1.82, 2.24) is 4.90 Å². The Morgan fingerprint density at radius 1 is 1.39 bits per heavy atom. The van der Waals surface area contributed by atoms with Gasteiger partial charge in [-0.1, -0.05) is 22.0 Å². The van der Waals surface area contributed by atoms with Crippen LogP contribution in [-0.2, 0) is 11.3 Å². The van der Waals surface area contributed by atoms with E-state index in [4.69, 9.17) is 5.73 Å². The molecule has 0 radical (unpaired) electrons. The van der Waals surface area contributed by atoms with Crippen molar-refractivity contribution in [1.29, 1.82) is 0 Å². The first kappa shape index (κ1) is 15.5. The van der Waals surface area contributed by atoms with Crippen LogP contribution in [0.1, 0.15) is 19.4 Å². The molecule has 0 bridgehead atoms. The lowest BCUT2D eigenvalue weighted by Crippen LogP contribution is -2.31. The van der Waals surface area contributed by atoms with E-state index in [9.17, 15) is 4.79 Å². The van der Waals surface area contributed by atoms with E-state index < -0.39 is 0 Å². The van der Waals surface area contributed by atoms with E-state index in [2.05, 4.69) is 15.9 Å². The molecule has 5 heteroatoms. The Morgan fingerprint density at radius 3 is 2.56 bits per heavy atom. The normalized spacial score (nSPS) is 10.4. The van der Waals surface area contributed by atoms with E-state index in [1.165, 1.54) is 0 Å². The number of thioether (sulfide) groups is 1. The molecule has 1 aromatic carbocycles. The van der Waals surface area contributed by atoms with E-state index in [1.807, 2.05) is 36.9 Å². The smallest absolute Gasteiger partial charge is 0.232 e. The van der Waals surface area contributed by atoms with E-state index in [0.717, 1.165) is 28.0 Å². The van der Waals surface area contributed by atoms with Crippen molar-refractivity contribution >= 4 is 33.6 Å². The molecule has 1 aromatic rings. The van der Waals surface area contributed by atoms with Crippen molar-refractivity contribution in [2.45, 2.75) is 25.3 Å². The summed E-state index contributed by atoms with van der Waals surface area (Å²) in [6.07, 6.45) is 0. The highest BCUT2D eigenvalue weighted by molar-refractivity contribution is 9.10. The maximum Gasteiger partial charge on any atom is 0.232 e. The Morgan fingerprint density at radius 2 is 2.06 bits per heavy atom. The number of halogens is 1. The minimum atomic E-state index is 0.184. The summed E-state index contributed by atoms with van der Waals surface area (Å²) in [4.78, 5) is 14.8. The molecule has 0 saturated heterocycles. The van der Waals surface area contributed by atoms with Gasteiger partial charge in [-0.2, -0.15) is 0 Å². The molecule has 0 aliphatic rings. The summed E-state index contributed by atoms with van der Waals surface area (Å²) in [7, 11) is 0. The van der Waals surface area contributed by atoms with Gasteiger partial charge < -0.3 is 10.6 Å². The first-order valence-corrected chi connectivity index (χ1v) is 7.79. The molecular formula is C13H19BrN2OS. The van der Waals surface area contributed by atoms with Gasteiger partial charge in [0.2, 0.25) is 5.91 Å². The SMILES string of the molecule is CCN(CC)C(=O)CSc1ccc(CN)c(Br)c1. The fourth-order valence-corrected chi connectivity index (χ4v) is 3.13. The molecule has 0 spiro atoms. The Bertz CT molecular complexity index is 408. The molecule has 1 amide bonds. The summed E-state index contributed by atoms with van der Waals surface area (Å²) in [5.41, 5.74) is 6.68. The van der Waals surface area contributed by atoms with Gasteiger partial charge in [-0.15, -0.1) is 11.8 Å². The van der Waals surface area contributed by atoms with Crippen LogP contribution in [0.15, 0.2) is 27.6 Å². The molecule has 0 fully saturated rings. The van der Waals surface area contributed by atoms with Crippen LogP contribution in [0.25, 0.3) is 0 Å². The zero-order valence-electron chi connectivity index (χ0n) is 10.8. The molecule has 2 N–H and O–H groups in total. The molecule has 0 aliphatic carbocycles. The van der Waals surface area contributed by atoms with Gasteiger partial charge in [0.1, 0.15) is 0 Å². The fraction of sp³-hybridized carbons (Fsp3) is 0.462. The van der Waals surface area contributed by atoms with Gasteiger partial charge in [-0.3, -0.25) is 4.79 Å². The van der Waals surface area contributed by atoms with Crippen molar-refractivity contribution in [3.05, 3.63) is 28.2 Å². The van der Waals surface area contributed by atoms with Crippen LogP contribution in [0.5, 0.6) is 0 Å². The number of benzene rings is 1. The third-order valence-corrected chi connectivity index (χ3v) is 4.44. The average Bonchev–Trinajstić information content (AvgIpc) is 2.38. The summed E-state index contributed by atoms with van der Waals surface area (Å²) < 4.78 is 1.00. The Balaban J connectivity index is 2.58. The van der Waals surface area contributed by atoms with Crippen molar-refractivity contribution in [3.63, 3.8) is 0 Å². The highest BCUT2D eigenvalue weighted by atomic mass is 79.9. The number of rotatable bonds is 6. The van der Waals surface area contributed by atoms with Gasteiger partial charge in [-0.25, -0.2) is 0 Å². The van der Waals surface area contributed by atoms with Crippen LogP contribution in [-0.4, -0.2) is 29.6 Å². The predicted octanol–water partition coefficient (Wildman–Crippen LogP) is 2.87. The van der Waals surface area contributed by atoms with Crippen molar-refractivity contribution in [3.8, 4) is 0 Å². The highest BCUT2D eigenvalue weighted by Crippen LogP contribution is 2.25. The molecule has 3 nitrogen and oxygen atoms in total. The first-order valence-electron chi connectivity index (χ1n) is 6.01. The van der Waals surface area contributed by atoms with Crippen molar-refractivity contribution in [2.24, 2.45) is 5.73 Å². The molecule has 18 heavy (non-hydrogen) atoms. The monoisotopic (exact) mass is 330 g/mol. The first-order chi connectivity index (χ1) is 8.62. The average molecular weight is 331 g/mol. The Kier molecular flexibility index (Phi) is 6.75. The summed E-state index contributed by atoms with van der Waals surface area (Å²) in [5.74, 6) is 0.667.